The number of nitrogens with one attached hydrogen (secondary N) is 4. The number of hydrogen-bond acceptors (Lipinski definition) is 8. The lowest BCUT2D eigenvalue weighted by molar-refractivity contribution is 0.0492. The van der Waals surface area contributed by atoms with E-state index in [1.54, 1.807) is 12.3 Å². The molecule has 1 aliphatic rings. The predicted octanol–water partition coefficient (Wildman–Crippen LogP) is 4.25. The maximum absolute atomic E-state index is 12.1. The molecule has 1 amide bonds. The summed E-state index contributed by atoms with van der Waals surface area (Å²) in [6.45, 7) is 5.53. The first-order valence-electron chi connectivity index (χ1n) is 11.2. The van der Waals surface area contributed by atoms with E-state index in [4.69, 9.17) is 27.5 Å². The van der Waals surface area contributed by atoms with E-state index in [-0.39, 0.29) is 23.6 Å². The van der Waals surface area contributed by atoms with Crippen molar-refractivity contribution in [2.24, 2.45) is 0 Å². The second kappa shape index (κ2) is 9.46. The second-order valence-electron chi connectivity index (χ2n) is 9.41. The van der Waals surface area contributed by atoms with E-state index >= 15 is 0 Å². The number of ether oxygens (including phenoxy) is 1. The molecular weight excluding hydrogens is 456 g/mol. The van der Waals surface area contributed by atoms with E-state index in [1.807, 2.05) is 26.8 Å². The van der Waals surface area contributed by atoms with Crippen LogP contribution < -0.4 is 16.4 Å². The maximum Gasteiger partial charge on any atom is 0.407 e. The van der Waals surface area contributed by atoms with Crippen LogP contribution in [-0.2, 0) is 4.74 Å². The summed E-state index contributed by atoms with van der Waals surface area (Å²) >= 11 is 6.54. The van der Waals surface area contributed by atoms with Crippen molar-refractivity contribution in [2.45, 2.75) is 64.1 Å². The summed E-state index contributed by atoms with van der Waals surface area (Å²) < 4.78 is 5.35. The summed E-state index contributed by atoms with van der Waals surface area (Å²) in [6, 6.07) is 3.79. The number of hydrogen-bond donors (Lipinski definition) is 5. The van der Waals surface area contributed by atoms with Crippen molar-refractivity contribution in [3.63, 3.8) is 0 Å². The first-order chi connectivity index (χ1) is 16.1. The Balaban J connectivity index is 1.46. The highest BCUT2D eigenvalue weighted by Crippen LogP contribution is 2.31. The monoisotopic (exact) mass is 484 g/mol. The first kappa shape index (κ1) is 23.7. The summed E-state index contributed by atoms with van der Waals surface area (Å²) in [5.41, 5.74) is 7.11. The van der Waals surface area contributed by atoms with E-state index in [0.29, 0.717) is 27.7 Å². The molecule has 0 aromatic carbocycles. The summed E-state index contributed by atoms with van der Waals surface area (Å²) in [5, 5.41) is 16.3. The number of carbonyl (C=O) groups is 1. The largest absolute Gasteiger partial charge is 0.444 e. The molecule has 0 bridgehead atoms. The van der Waals surface area contributed by atoms with Crippen molar-refractivity contribution in [2.75, 3.05) is 11.1 Å². The Morgan fingerprint density at radius 3 is 2.59 bits per heavy atom. The Bertz CT molecular complexity index is 1210. The van der Waals surface area contributed by atoms with Gasteiger partial charge in [-0.25, -0.2) is 19.7 Å². The second-order valence-corrected chi connectivity index (χ2v) is 9.79. The molecule has 180 valence electrons. The van der Waals surface area contributed by atoms with Crippen LogP contribution in [0.2, 0.25) is 5.02 Å². The average molecular weight is 485 g/mol. The average Bonchev–Trinajstić information content (AvgIpc) is 3.10. The topological polar surface area (TPSA) is 155 Å². The van der Waals surface area contributed by atoms with Gasteiger partial charge in [-0.1, -0.05) is 11.6 Å². The highest BCUT2D eigenvalue weighted by Gasteiger charge is 2.27. The van der Waals surface area contributed by atoms with E-state index in [0.717, 1.165) is 31.1 Å². The molecule has 0 saturated heterocycles. The van der Waals surface area contributed by atoms with E-state index < -0.39 is 11.7 Å². The minimum Gasteiger partial charge on any atom is -0.444 e. The maximum atomic E-state index is 12.1. The van der Waals surface area contributed by atoms with Crippen molar-refractivity contribution in [3.05, 3.63) is 40.9 Å². The number of anilines is 2. The van der Waals surface area contributed by atoms with E-state index in [2.05, 4.69) is 30.6 Å². The number of pyridine rings is 1. The molecule has 6 N–H and O–H groups in total. The minimum absolute atomic E-state index is 0.0544. The van der Waals surface area contributed by atoms with Crippen LogP contribution in [-0.4, -0.2) is 49.4 Å². The zero-order chi connectivity index (χ0) is 24.5. The van der Waals surface area contributed by atoms with Crippen LogP contribution in [0.15, 0.2) is 24.7 Å². The molecule has 3 heterocycles. The molecule has 3 aromatic rings. The third-order valence-corrected chi connectivity index (χ3v) is 6.07. The number of halogens is 1. The van der Waals surface area contributed by atoms with Crippen LogP contribution in [0.5, 0.6) is 0 Å². The number of alkyl carbamates (subject to hydrolysis) is 1. The summed E-state index contributed by atoms with van der Waals surface area (Å²) in [4.78, 5) is 27.9. The summed E-state index contributed by atoms with van der Waals surface area (Å²) in [6.07, 6.45) is 5.85. The Hall–Kier alpha value is -3.40. The Morgan fingerprint density at radius 2 is 1.91 bits per heavy atom. The number of H-pyrrole nitrogens is 1. The summed E-state index contributed by atoms with van der Waals surface area (Å²) in [7, 11) is 0. The Labute approximate surface area is 202 Å². The third-order valence-electron chi connectivity index (χ3n) is 5.67. The minimum atomic E-state index is -0.527. The van der Waals surface area contributed by atoms with Crippen LogP contribution in [0.3, 0.4) is 0 Å². The van der Waals surface area contributed by atoms with Crippen molar-refractivity contribution in [1.29, 1.82) is 5.41 Å². The third kappa shape index (κ3) is 5.22. The zero-order valence-corrected chi connectivity index (χ0v) is 20.2. The Kier molecular flexibility index (Phi) is 6.60. The first-order valence-corrected chi connectivity index (χ1v) is 11.6. The van der Waals surface area contributed by atoms with Gasteiger partial charge in [0.05, 0.1) is 22.0 Å². The lowest BCUT2D eigenvalue weighted by Gasteiger charge is -2.31. The molecule has 10 nitrogen and oxygen atoms in total. The van der Waals surface area contributed by atoms with Gasteiger partial charge in [-0.3, -0.25) is 5.41 Å². The molecule has 11 heteroatoms. The lowest BCUT2D eigenvalue weighted by Crippen LogP contribution is -2.42. The number of carbonyl (C=O) groups excluding carboxylic acids is 1. The SMILES string of the molecule is CC(C)(C)OC(=O)NC1CCC(Nc2ncnc(N)c2C(=N)c2[nH]c3ncccc3c2Cl)CC1. The van der Waals surface area contributed by atoms with Crippen LogP contribution in [0.4, 0.5) is 16.4 Å². The molecule has 34 heavy (non-hydrogen) atoms. The molecule has 4 rings (SSSR count). The van der Waals surface area contributed by atoms with Gasteiger partial charge in [-0.15, -0.1) is 0 Å². The quantitative estimate of drug-likeness (QED) is 0.339. The molecule has 0 spiro atoms. The number of fused-ring (bicyclic) bond motifs is 1. The van der Waals surface area contributed by atoms with Gasteiger partial charge >= 0.3 is 6.09 Å². The molecule has 1 fully saturated rings. The smallest absolute Gasteiger partial charge is 0.407 e. The van der Waals surface area contributed by atoms with Gasteiger partial charge in [0.25, 0.3) is 0 Å². The highest BCUT2D eigenvalue weighted by atomic mass is 35.5. The number of nitrogen functional groups attached to an aromatic ring is 1. The molecule has 3 aromatic heterocycles. The number of nitrogens with two attached hydrogens (primary N) is 1. The standard InChI is InChI=1S/C23H29ClN8O2/c1-23(2,3)34-22(33)31-13-8-6-12(7-9-13)30-21-15(19(26)28-11-29-21)17(25)18-16(24)14-5-4-10-27-20(14)32-18/h4-5,10-13,25H,6-9H2,1-3H3,(H,27,32)(H,31,33)(H3,26,28,29,30). The van der Waals surface area contributed by atoms with Crippen molar-refractivity contribution >= 4 is 46.1 Å². The van der Waals surface area contributed by atoms with Gasteiger partial charge in [0.15, 0.2) is 0 Å². The number of rotatable bonds is 5. The van der Waals surface area contributed by atoms with Crippen LogP contribution in [0.1, 0.15) is 57.7 Å². The number of amides is 1. The highest BCUT2D eigenvalue weighted by molar-refractivity contribution is 6.40. The van der Waals surface area contributed by atoms with Gasteiger partial charge in [-0.05, 0) is 58.6 Å². The zero-order valence-electron chi connectivity index (χ0n) is 19.4. The molecule has 0 radical (unpaired) electrons. The van der Waals surface area contributed by atoms with Crippen LogP contribution in [0.25, 0.3) is 11.0 Å². The molecule has 1 aliphatic carbocycles. The fourth-order valence-electron chi connectivity index (χ4n) is 4.09. The molecular formula is C23H29ClN8O2. The number of aromatic nitrogens is 4. The van der Waals surface area contributed by atoms with Gasteiger partial charge < -0.3 is 26.1 Å². The van der Waals surface area contributed by atoms with Crippen LogP contribution in [0, 0.1) is 5.41 Å². The van der Waals surface area contributed by atoms with Gasteiger partial charge in [-0.2, -0.15) is 0 Å². The van der Waals surface area contributed by atoms with Gasteiger partial charge in [0.2, 0.25) is 0 Å². The predicted molar refractivity (Wildman–Crippen MR) is 133 cm³/mol. The fourth-order valence-corrected chi connectivity index (χ4v) is 4.39. The summed E-state index contributed by atoms with van der Waals surface area (Å²) in [5.74, 6) is 0.661. The van der Waals surface area contributed by atoms with Crippen molar-refractivity contribution < 1.29 is 9.53 Å². The van der Waals surface area contributed by atoms with E-state index in [9.17, 15) is 4.79 Å². The van der Waals surface area contributed by atoms with Crippen molar-refractivity contribution in [1.82, 2.24) is 25.3 Å². The molecule has 0 atom stereocenters. The van der Waals surface area contributed by atoms with Crippen molar-refractivity contribution in [3.8, 4) is 0 Å². The van der Waals surface area contributed by atoms with Crippen LogP contribution >= 0.6 is 11.6 Å². The number of nitrogens with zero attached hydrogens (tertiary/aromatic N) is 3. The number of aromatic amines is 1. The normalized spacial score (nSPS) is 18.5. The molecule has 1 saturated carbocycles. The Morgan fingerprint density at radius 1 is 1.21 bits per heavy atom. The molecule has 0 aliphatic heterocycles. The molecule has 0 unspecified atom stereocenters. The van der Waals surface area contributed by atoms with Gasteiger partial charge in [0, 0.05) is 23.7 Å². The van der Waals surface area contributed by atoms with E-state index in [1.165, 1.54) is 6.33 Å². The fraction of sp³-hybridized carbons (Fsp3) is 0.435. The van der Waals surface area contributed by atoms with Gasteiger partial charge in [0.1, 0.15) is 29.2 Å². The lowest BCUT2D eigenvalue weighted by atomic mass is 9.91.